The van der Waals surface area contributed by atoms with Gasteiger partial charge in [-0.2, -0.15) is 0 Å². The van der Waals surface area contributed by atoms with Crippen LogP contribution in [0, 0.1) is 5.82 Å². The lowest BCUT2D eigenvalue weighted by Crippen LogP contribution is -2.33. The molecule has 0 spiro atoms. The summed E-state index contributed by atoms with van der Waals surface area (Å²) < 4.78 is 19.9. The lowest BCUT2D eigenvalue weighted by molar-refractivity contribution is -0.119. The molecule has 2 N–H and O–H groups in total. The topological polar surface area (TPSA) is 87.7 Å². The van der Waals surface area contributed by atoms with E-state index in [-0.39, 0.29) is 30.5 Å². The van der Waals surface area contributed by atoms with Gasteiger partial charge < -0.3 is 15.4 Å². The number of cyclic esters (lactones) is 1. The van der Waals surface area contributed by atoms with Gasteiger partial charge in [0.15, 0.2) is 0 Å². The number of nitrogens with zero attached hydrogens (tertiary/aromatic N) is 1. The molecule has 2 aliphatic heterocycles. The predicted molar refractivity (Wildman–Crippen MR) is 106 cm³/mol. The molecular weight excluding hydrogens is 377 g/mol. The molecule has 0 bridgehead atoms. The number of hydrogen-bond donors (Lipinski definition) is 2. The summed E-state index contributed by atoms with van der Waals surface area (Å²) in [4.78, 5) is 36.6. The van der Waals surface area contributed by atoms with Gasteiger partial charge in [-0.1, -0.05) is 18.2 Å². The van der Waals surface area contributed by atoms with Crippen molar-refractivity contribution in [3.05, 3.63) is 59.4 Å². The van der Waals surface area contributed by atoms with Crippen LogP contribution in [0.4, 0.5) is 20.6 Å². The third-order valence-corrected chi connectivity index (χ3v) is 4.76. The van der Waals surface area contributed by atoms with Gasteiger partial charge in [0, 0.05) is 29.3 Å². The van der Waals surface area contributed by atoms with Crippen molar-refractivity contribution in [3.8, 4) is 0 Å². The second kappa shape index (κ2) is 7.38. The number of hydrogen-bond acceptors (Lipinski definition) is 4. The number of nitrogens with one attached hydrogen (secondary N) is 2. The van der Waals surface area contributed by atoms with E-state index in [2.05, 4.69) is 10.6 Å². The van der Waals surface area contributed by atoms with Crippen LogP contribution in [-0.2, 0) is 14.3 Å². The van der Waals surface area contributed by atoms with E-state index >= 15 is 0 Å². The lowest BCUT2D eigenvalue weighted by atomic mass is 10.0. The fourth-order valence-electron chi connectivity index (χ4n) is 3.33. The van der Waals surface area contributed by atoms with E-state index < -0.39 is 18.0 Å². The molecule has 3 amide bonds. The first-order valence-corrected chi connectivity index (χ1v) is 9.07. The number of anilines is 2. The van der Waals surface area contributed by atoms with Crippen LogP contribution < -0.4 is 15.5 Å². The van der Waals surface area contributed by atoms with Gasteiger partial charge in [-0.3, -0.25) is 14.5 Å². The third kappa shape index (κ3) is 3.69. The van der Waals surface area contributed by atoms with Gasteiger partial charge in [0.25, 0.3) is 5.91 Å². The van der Waals surface area contributed by atoms with E-state index in [4.69, 9.17) is 4.74 Å². The summed E-state index contributed by atoms with van der Waals surface area (Å²) in [5.74, 6) is -1.08. The van der Waals surface area contributed by atoms with E-state index in [9.17, 15) is 18.8 Å². The molecule has 2 heterocycles. The van der Waals surface area contributed by atoms with Crippen molar-refractivity contribution in [1.29, 1.82) is 0 Å². The van der Waals surface area contributed by atoms with Crippen molar-refractivity contribution >= 4 is 40.9 Å². The van der Waals surface area contributed by atoms with Gasteiger partial charge in [-0.15, -0.1) is 0 Å². The van der Waals surface area contributed by atoms with Gasteiger partial charge in [-0.25, -0.2) is 9.18 Å². The Balaban J connectivity index is 1.56. The molecule has 0 aliphatic carbocycles. The van der Waals surface area contributed by atoms with Crippen LogP contribution in [0.25, 0.3) is 11.6 Å². The molecule has 1 fully saturated rings. The highest BCUT2D eigenvalue weighted by Gasteiger charge is 2.32. The Morgan fingerprint density at radius 3 is 2.86 bits per heavy atom. The molecule has 0 aromatic heterocycles. The number of fused-ring (bicyclic) bond motifs is 1. The van der Waals surface area contributed by atoms with Crippen molar-refractivity contribution in [2.75, 3.05) is 23.3 Å². The van der Waals surface area contributed by atoms with Crippen LogP contribution in [-0.4, -0.2) is 37.1 Å². The highest BCUT2D eigenvalue weighted by atomic mass is 19.1. The summed E-state index contributed by atoms with van der Waals surface area (Å²) in [5, 5.41) is 5.34. The van der Waals surface area contributed by atoms with E-state index in [1.807, 2.05) is 12.1 Å². The van der Waals surface area contributed by atoms with E-state index in [0.717, 1.165) is 0 Å². The molecule has 0 unspecified atom stereocenters. The van der Waals surface area contributed by atoms with Gasteiger partial charge in [0.05, 0.1) is 18.8 Å². The Labute approximate surface area is 166 Å². The molecule has 1 atom stereocenters. The fourth-order valence-corrected chi connectivity index (χ4v) is 3.33. The number of rotatable bonds is 4. The first kappa shape index (κ1) is 18.7. The van der Waals surface area contributed by atoms with Crippen LogP contribution in [0.5, 0.6) is 0 Å². The van der Waals surface area contributed by atoms with Gasteiger partial charge in [0.1, 0.15) is 11.9 Å². The van der Waals surface area contributed by atoms with Crippen molar-refractivity contribution < 1.29 is 23.5 Å². The van der Waals surface area contributed by atoms with Crippen LogP contribution in [0.3, 0.4) is 0 Å². The molecule has 2 aliphatic rings. The Hall–Kier alpha value is -3.68. The number of carbonyl (C=O) groups is 3. The zero-order valence-corrected chi connectivity index (χ0v) is 15.6. The number of halogens is 1. The average Bonchev–Trinajstić information content (AvgIpc) is 3.21. The SMILES string of the molecule is CC(=O)NC[C@H]1CN(c2ccc(C=C3C(=O)Nc4ccccc43)c(F)c2)C(=O)O1. The zero-order chi connectivity index (χ0) is 20.5. The second-order valence-electron chi connectivity index (χ2n) is 6.82. The quantitative estimate of drug-likeness (QED) is 0.780. The summed E-state index contributed by atoms with van der Waals surface area (Å²) in [6, 6.07) is 11.5. The van der Waals surface area contributed by atoms with Crippen molar-refractivity contribution in [1.82, 2.24) is 5.32 Å². The Bertz CT molecular complexity index is 1050. The van der Waals surface area contributed by atoms with E-state index in [1.165, 1.54) is 30.0 Å². The number of carbonyl (C=O) groups excluding carboxylic acids is 3. The molecule has 1 saturated heterocycles. The van der Waals surface area contributed by atoms with Crippen molar-refractivity contribution in [2.24, 2.45) is 0 Å². The summed E-state index contributed by atoms with van der Waals surface area (Å²) in [6.07, 6.45) is 0.382. The van der Waals surface area contributed by atoms with Gasteiger partial charge in [0.2, 0.25) is 5.91 Å². The maximum absolute atomic E-state index is 14.7. The second-order valence-corrected chi connectivity index (χ2v) is 6.82. The molecule has 8 heteroatoms. The van der Waals surface area contributed by atoms with Crippen molar-refractivity contribution in [2.45, 2.75) is 13.0 Å². The molecule has 0 saturated carbocycles. The molecule has 148 valence electrons. The van der Waals surface area contributed by atoms with E-state index in [0.29, 0.717) is 22.5 Å². The molecule has 7 nitrogen and oxygen atoms in total. The summed E-state index contributed by atoms with van der Waals surface area (Å²) in [7, 11) is 0. The van der Waals surface area contributed by atoms with Crippen LogP contribution >= 0.6 is 0 Å². The average molecular weight is 395 g/mol. The monoisotopic (exact) mass is 395 g/mol. The Morgan fingerprint density at radius 2 is 2.10 bits per heavy atom. The maximum Gasteiger partial charge on any atom is 0.414 e. The smallest absolute Gasteiger partial charge is 0.414 e. The number of amides is 3. The normalized spacial score (nSPS) is 19.2. The van der Waals surface area contributed by atoms with Gasteiger partial charge in [-0.05, 0) is 30.3 Å². The Morgan fingerprint density at radius 1 is 1.31 bits per heavy atom. The minimum Gasteiger partial charge on any atom is -0.442 e. The summed E-state index contributed by atoms with van der Waals surface area (Å²) in [5.41, 5.74) is 2.35. The highest BCUT2D eigenvalue weighted by Crippen LogP contribution is 2.33. The number of para-hydroxylation sites is 1. The number of ether oxygens (including phenoxy) is 1. The predicted octanol–water partition coefficient (Wildman–Crippen LogP) is 2.78. The minimum absolute atomic E-state index is 0.193. The zero-order valence-electron chi connectivity index (χ0n) is 15.6. The van der Waals surface area contributed by atoms with E-state index in [1.54, 1.807) is 18.2 Å². The third-order valence-electron chi connectivity index (χ3n) is 4.76. The minimum atomic E-state index is -0.602. The standard InChI is InChI=1S/C21H18FN3O4/c1-12(26)23-10-15-11-25(21(28)29-15)14-7-6-13(18(22)9-14)8-17-16-4-2-3-5-19(16)24-20(17)27/h2-9,15H,10-11H2,1H3,(H,23,26)(H,24,27)/t15-/m0/s1. The molecule has 2 aromatic carbocycles. The lowest BCUT2D eigenvalue weighted by Gasteiger charge is -2.14. The highest BCUT2D eigenvalue weighted by molar-refractivity contribution is 6.34. The first-order valence-electron chi connectivity index (χ1n) is 9.07. The van der Waals surface area contributed by atoms with Crippen LogP contribution in [0.1, 0.15) is 18.1 Å². The molecule has 0 radical (unpaired) electrons. The molecule has 2 aromatic rings. The summed E-state index contributed by atoms with van der Waals surface area (Å²) in [6.45, 7) is 1.77. The molecule has 4 rings (SSSR count). The Kier molecular flexibility index (Phi) is 4.75. The summed E-state index contributed by atoms with van der Waals surface area (Å²) >= 11 is 0. The maximum atomic E-state index is 14.7. The first-order chi connectivity index (χ1) is 13.9. The van der Waals surface area contributed by atoms with Crippen LogP contribution in [0.15, 0.2) is 42.5 Å². The van der Waals surface area contributed by atoms with Gasteiger partial charge >= 0.3 is 6.09 Å². The van der Waals surface area contributed by atoms with Crippen LogP contribution in [0.2, 0.25) is 0 Å². The largest absolute Gasteiger partial charge is 0.442 e. The van der Waals surface area contributed by atoms with Crippen molar-refractivity contribution in [3.63, 3.8) is 0 Å². The molecular formula is C21H18FN3O4. The number of benzene rings is 2. The molecule has 29 heavy (non-hydrogen) atoms. The fraction of sp³-hybridized carbons (Fsp3) is 0.190.